The fraction of sp³-hybridized carbons (Fsp3) is 0.500. The molecule has 0 nitrogen and oxygen atoms in total. The minimum atomic E-state index is 0.979. The average Bonchev–Trinajstić information content (AvgIpc) is 2.03. The first-order valence-electron chi connectivity index (χ1n) is 3.82. The monoisotopic (exact) mass is 133 g/mol. The van der Waals surface area contributed by atoms with Gasteiger partial charge in [-0.05, 0) is 32.6 Å². The summed E-state index contributed by atoms with van der Waals surface area (Å²) in [6.07, 6.45) is 9.28. The fourth-order valence-corrected chi connectivity index (χ4v) is 1.12. The van der Waals surface area contributed by atoms with Crippen molar-refractivity contribution in [2.45, 2.75) is 32.6 Å². The van der Waals surface area contributed by atoms with Crippen LogP contribution in [0.3, 0.4) is 0 Å². The van der Waals surface area contributed by atoms with E-state index in [1.165, 1.54) is 18.4 Å². The van der Waals surface area contributed by atoms with E-state index in [4.69, 9.17) is 0 Å². The molecule has 0 saturated carbocycles. The lowest BCUT2D eigenvalue weighted by Crippen LogP contribution is -1.90. The lowest BCUT2D eigenvalue weighted by molar-refractivity contribution is 0.841. The highest BCUT2D eigenvalue weighted by Crippen LogP contribution is 2.18. The van der Waals surface area contributed by atoms with Gasteiger partial charge in [0.2, 0.25) is 0 Å². The quantitative estimate of drug-likeness (QED) is 0.381. The standard InChI is InChI=1S/C10H13/c1-2-3-7-10-8-5-4-6-9-10/h5,9H,4,6-8H2,1H3. The smallest absolute Gasteiger partial charge is 0.0299 e. The molecule has 0 unspecified atom stereocenters. The summed E-state index contributed by atoms with van der Waals surface area (Å²) in [5.41, 5.74) is 1.50. The molecule has 10 heavy (non-hydrogen) atoms. The third kappa shape index (κ3) is 2.27. The number of hydrogen-bond donors (Lipinski definition) is 0. The van der Waals surface area contributed by atoms with E-state index in [1.54, 1.807) is 0 Å². The fourth-order valence-electron chi connectivity index (χ4n) is 1.12. The molecule has 0 saturated heterocycles. The maximum atomic E-state index is 3.08. The predicted molar refractivity (Wildman–Crippen MR) is 44.3 cm³/mol. The van der Waals surface area contributed by atoms with Crippen LogP contribution < -0.4 is 0 Å². The zero-order chi connectivity index (χ0) is 7.23. The summed E-state index contributed by atoms with van der Waals surface area (Å²) in [5.74, 6) is 5.99. The Morgan fingerprint density at radius 2 is 2.40 bits per heavy atom. The first-order chi connectivity index (χ1) is 4.93. The second kappa shape index (κ2) is 4.17. The minimum absolute atomic E-state index is 0.979. The molecule has 0 amide bonds. The second-order valence-corrected chi connectivity index (χ2v) is 2.54. The molecule has 0 atom stereocenters. The number of rotatable bonds is 1. The van der Waals surface area contributed by atoms with Crippen LogP contribution in [0.5, 0.6) is 0 Å². The van der Waals surface area contributed by atoms with Gasteiger partial charge in [0.05, 0.1) is 0 Å². The zero-order valence-electron chi connectivity index (χ0n) is 6.48. The molecule has 1 aliphatic rings. The van der Waals surface area contributed by atoms with Gasteiger partial charge in [0.1, 0.15) is 0 Å². The SMILES string of the molecule is CC#CCC1=CCC[CH]C1. The molecule has 1 aliphatic carbocycles. The van der Waals surface area contributed by atoms with Gasteiger partial charge in [0.15, 0.2) is 0 Å². The minimum Gasteiger partial charge on any atom is -0.106 e. The van der Waals surface area contributed by atoms with Crippen LogP contribution >= 0.6 is 0 Å². The summed E-state index contributed by atoms with van der Waals surface area (Å²) < 4.78 is 0. The highest BCUT2D eigenvalue weighted by molar-refractivity contribution is 5.16. The summed E-state index contributed by atoms with van der Waals surface area (Å²) >= 11 is 0. The molecule has 0 aromatic carbocycles. The summed E-state index contributed by atoms with van der Waals surface area (Å²) in [6.45, 7) is 1.90. The number of hydrogen-bond acceptors (Lipinski definition) is 0. The first kappa shape index (κ1) is 7.41. The van der Waals surface area contributed by atoms with Gasteiger partial charge in [0, 0.05) is 6.42 Å². The third-order valence-corrected chi connectivity index (χ3v) is 1.70. The van der Waals surface area contributed by atoms with Crippen molar-refractivity contribution >= 4 is 0 Å². The van der Waals surface area contributed by atoms with Gasteiger partial charge < -0.3 is 0 Å². The van der Waals surface area contributed by atoms with Crippen LogP contribution in [0.15, 0.2) is 11.6 Å². The molecule has 0 N–H and O–H groups in total. The number of allylic oxidation sites excluding steroid dienone is 2. The van der Waals surface area contributed by atoms with Gasteiger partial charge in [-0.1, -0.05) is 17.6 Å². The van der Waals surface area contributed by atoms with Gasteiger partial charge in [-0.3, -0.25) is 0 Å². The van der Waals surface area contributed by atoms with Crippen molar-refractivity contribution < 1.29 is 0 Å². The lowest BCUT2D eigenvalue weighted by Gasteiger charge is -2.08. The lowest BCUT2D eigenvalue weighted by atomic mass is 9.98. The topological polar surface area (TPSA) is 0 Å². The van der Waals surface area contributed by atoms with Crippen LogP contribution in [0.4, 0.5) is 0 Å². The van der Waals surface area contributed by atoms with Gasteiger partial charge >= 0.3 is 0 Å². The van der Waals surface area contributed by atoms with Crippen LogP contribution in [0.2, 0.25) is 0 Å². The Morgan fingerprint density at radius 3 is 3.00 bits per heavy atom. The molecule has 0 aliphatic heterocycles. The molecule has 0 fully saturated rings. The maximum Gasteiger partial charge on any atom is 0.0299 e. The maximum absolute atomic E-state index is 3.08. The molecule has 0 bridgehead atoms. The molecule has 1 rings (SSSR count). The zero-order valence-corrected chi connectivity index (χ0v) is 6.48. The molecule has 0 heteroatoms. The van der Waals surface area contributed by atoms with E-state index in [2.05, 4.69) is 24.3 Å². The summed E-state index contributed by atoms with van der Waals surface area (Å²) in [6, 6.07) is 0. The highest BCUT2D eigenvalue weighted by Gasteiger charge is 2.00. The van der Waals surface area contributed by atoms with Crippen LogP contribution in [0, 0.1) is 18.3 Å². The Kier molecular flexibility index (Phi) is 3.09. The van der Waals surface area contributed by atoms with Crippen LogP contribution in [0.1, 0.15) is 32.6 Å². The van der Waals surface area contributed by atoms with Crippen molar-refractivity contribution in [1.29, 1.82) is 0 Å². The largest absolute Gasteiger partial charge is 0.106 e. The van der Waals surface area contributed by atoms with Crippen molar-refractivity contribution in [2.24, 2.45) is 0 Å². The Labute approximate surface area is 63.3 Å². The van der Waals surface area contributed by atoms with E-state index in [0.717, 1.165) is 12.8 Å². The Balaban J connectivity index is 2.36. The van der Waals surface area contributed by atoms with Crippen LogP contribution in [-0.4, -0.2) is 0 Å². The summed E-state index contributed by atoms with van der Waals surface area (Å²) in [4.78, 5) is 0. The first-order valence-corrected chi connectivity index (χ1v) is 3.82. The van der Waals surface area contributed by atoms with Gasteiger partial charge in [-0.2, -0.15) is 0 Å². The van der Waals surface area contributed by atoms with Crippen molar-refractivity contribution in [3.05, 3.63) is 18.1 Å². The van der Waals surface area contributed by atoms with E-state index < -0.39 is 0 Å². The van der Waals surface area contributed by atoms with Crippen molar-refractivity contribution in [1.82, 2.24) is 0 Å². The van der Waals surface area contributed by atoms with Crippen LogP contribution in [-0.2, 0) is 0 Å². The Hall–Kier alpha value is -0.700. The van der Waals surface area contributed by atoms with E-state index in [0.29, 0.717) is 0 Å². The Bertz CT molecular complexity index is 176. The third-order valence-electron chi connectivity index (χ3n) is 1.70. The van der Waals surface area contributed by atoms with E-state index >= 15 is 0 Å². The van der Waals surface area contributed by atoms with Crippen molar-refractivity contribution in [3.8, 4) is 11.8 Å². The van der Waals surface area contributed by atoms with Gasteiger partial charge in [0.25, 0.3) is 0 Å². The second-order valence-electron chi connectivity index (χ2n) is 2.54. The van der Waals surface area contributed by atoms with E-state index in [9.17, 15) is 0 Å². The highest BCUT2D eigenvalue weighted by atomic mass is 14.1. The summed E-state index contributed by atoms with van der Waals surface area (Å²) in [7, 11) is 0. The predicted octanol–water partition coefficient (Wildman–Crippen LogP) is 2.71. The van der Waals surface area contributed by atoms with Gasteiger partial charge in [-0.15, -0.1) is 5.92 Å². The molecular weight excluding hydrogens is 120 g/mol. The average molecular weight is 133 g/mol. The normalized spacial score (nSPS) is 17.1. The molecule has 0 aromatic rings. The van der Waals surface area contributed by atoms with Gasteiger partial charge in [-0.25, -0.2) is 0 Å². The molecular formula is C10H13. The summed E-state index contributed by atoms with van der Waals surface area (Å²) in [5, 5.41) is 0. The van der Waals surface area contributed by atoms with Crippen molar-refractivity contribution in [3.63, 3.8) is 0 Å². The molecule has 0 heterocycles. The molecule has 53 valence electrons. The van der Waals surface area contributed by atoms with Crippen molar-refractivity contribution in [2.75, 3.05) is 0 Å². The molecule has 1 radical (unpaired) electrons. The van der Waals surface area contributed by atoms with E-state index in [1.807, 2.05) is 6.92 Å². The Morgan fingerprint density at radius 1 is 1.50 bits per heavy atom. The molecule has 0 aromatic heterocycles. The van der Waals surface area contributed by atoms with E-state index in [-0.39, 0.29) is 0 Å². The van der Waals surface area contributed by atoms with Crippen LogP contribution in [0.25, 0.3) is 0 Å². The molecule has 0 spiro atoms.